The Kier molecular flexibility index (Phi) is 4.60. The molecule has 4 rings (SSSR count). The van der Waals surface area contributed by atoms with Crippen LogP contribution in [0.5, 0.6) is 0 Å². The van der Waals surface area contributed by atoms with Crippen molar-refractivity contribution in [3.8, 4) is 0 Å². The van der Waals surface area contributed by atoms with Gasteiger partial charge in [-0.25, -0.2) is 9.67 Å². The highest BCUT2D eigenvalue weighted by Gasteiger charge is 2.27. The maximum Gasteiger partial charge on any atom is 0.154 e. The van der Waals surface area contributed by atoms with Crippen molar-refractivity contribution in [1.82, 2.24) is 34.4 Å². The van der Waals surface area contributed by atoms with E-state index in [4.69, 9.17) is 0 Å². The van der Waals surface area contributed by atoms with Gasteiger partial charge in [0.25, 0.3) is 0 Å². The largest absolute Gasteiger partial charge is 0.316 e. The molecule has 0 spiro atoms. The van der Waals surface area contributed by atoms with Crippen LogP contribution in [0.2, 0.25) is 0 Å². The van der Waals surface area contributed by atoms with Crippen molar-refractivity contribution in [1.29, 1.82) is 0 Å². The maximum absolute atomic E-state index is 4.48. The molecule has 1 aliphatic heterocycles. The summed E-state index contributed by atoms with van der Waals surface area (Å²) in [6.45, 7) is 4.34. The summed E-state index contributed by atoms with van der Waals surface area (Å²) < 4.78 is 3.94. The molecule has 0 bridgehead atoms. The van der Waals surface area contributed by atoms with Gasteiger partial charge in [-0.3, -0.25) is 0 Å². The van der Waals surface area contributed by atoms with E-state index < -0.39 is 0 Å². The topological polar surface area (TPSA) is 64.7 Å². The second-order valence-corrected chi connectivity index (χ2v) is 7.35. The number of hydrogen-bond acceptors (Lipinski definition) is 5. The van der Waals surface area contributed by atoms with Crippen LogP contribution in [0.1, 0.15) is 56.1 Å². The van der Waals surface area contributed by atoms with E-state index in [1.165, 1.54) is 58.2 Å². The molecule has 7 heteroatoms. The molecular weight excluding hydrogens is 302 g/mol. The van der Waals surface area contributed by atoms with Crippen LogP contribution in [0.4, 0.5) is 0 Å². The number of likely N-dealkylation sites (tertiary alicyclic amines) is 1. The van der Waals surface area contributed by atoms with E-state index in [2.05, 4.69) is 36.8 Å². The number of aromatic nitrogens is 6. The van der Waals surface area contributed by atoms with Crippen molar-refractivity contribution in [2.24, 2.45) is 13.0 Å². The molecule has 24 heavy (non-hydrogen) atoms. The molecule has 2 aromatic heterocycles. The number of hydrogen-bond donors (Lipinski definition) is 0. The van der Waals surface area contributed by atoms with Crippen LogP contribution >= 0.6 is 0 Å². The van der Waals surface area contributed by atoms with Gasteiger partial charge in [-0.05, 0) is 44.7 Å². The molecule has 1 saturated heterocycles. The molecule has 3 heterocycles. The first kappa shape index (κ1) is 15.7. The summed E-state index contributed by atoms with van der Waals surface area (Å²) in [7, 11) is 2.08. The lowest BCUT2D eigenvalue weighted by Crippen LogP contribution is -2.36. The molecule has 0 atom stereocenters. The van der Waals surface area contributed by atoms with Crippen molar-refractivity contribution < 1.29 is 0 Å². The van der Waals surface area contributed by atoms with Crippen molar-refractivity contribution in [2.45, 2.75) is 51.0 Å². The van der Waals surface area contributed by atoms with Crippen molar-refractivity contribution in [2.75, 3.05) is 19.6 Å². The van der Waals surface area contributed by atoms with Gasteiger partial charge in [-0.2, -0.15) is 5.10 Å². The Morgan fingerprint density at radius 1 is 1.08 bits per heavy atom. The van der Waals surface area contributed by atoms with Gasteiger partial charge in [0.1, 0.15) is 25.0 Å². The van der Waals surface area contributed by atoms with Gasteiger partial charge in [-0.1, -0.05) is 12.8 Å². The van der Waals surface area contributed by atoms with Gasteiger partial charge in [0.2, 0.25) is 0 Å². The van der Waals surface area contributed by atoms with E-state index in [1.54, 1.807) is 17.3 Å². The van der Waals surface area contributed by atoms with Gasteiger partial charge in [0.15, 0.2) is 5.82 Å². The minimum Gasteiger partial charge on any atom is -0.316 e. The number of nitrogens with zero attached hydrogens (tertiary/aromatic N) is 7. The Morgan fingerprint density at radius 3 is 2.58 bits per heavy atom. The minimum atomic E-state index is 0.534. The molecular formula is C17H27N7. The van der Waals surface area contributed by atoms with Gasteiger partial charge >= 0.3 is 0 Å². The highest BCUT2D eigenvalue weighted by molar-refractivity contribution is 5.03. The van der Waals surface area contributed by atoms with Crippen LogP contribution in [0.25, 0.3) is 0 Å². The summed E-state index contributed by atoms with van der Waals surface area (Å²) in [6.07, 6.45) is 11.4. The monoisotopic (exact) mass is 329 g/mol. The van der Waals surface area contributed by atoms with E-state index in [1.807, 2.05) is 0 Å². The summed E-state index contributed by atoms with van der Waals surface area (Å²) >= 11 is 0. The Bertz CT molecular complexity index is 634. The highest BCUT2D eigenvalue weighted by Crippen LogP contribution is 2.30. The molecule has 0 radical (unpaired) electrons. The second kappa shape index (κ2) is 7.01. The first-order chi connectivity index (χ1) is 11.8. The Balaban J connectivity index is 1.34. The fraction of sp³-hybridized carbons (Fsp3) is 0.765. The van der Waals surface area contributed by atoms with E-state index in [9.17, 15) is 0 Å². The third-order valence-corrected chi connectivity index (χ3v) is 5.71. The predicted molar refractivity (Wildman–Crippen MR) is 90.5 cm³/mol. The van der Waals surface area contributed by atoms with Crippen LogP contribution in [0.15, 0.2) is 12.7 Å². The molecule has 130 valence electrons. The zero-order valence-electron chi connectivity index (χ0n) is 14.5. The van der Waals surface area contributed by atoms with Gasteiger partial charge in [0.05, 0.1) is 0 Å². The zero-order chi connectivity index (χ0) is 16.4. The van der Waals surface area contributed by atoms with Crippen LogP contribution in [0.3, 0.4) is 0 Å². The normalized spacial score (nSPS) is 20.9. The summed E-state index contributed by atoms with van der Waals surface area (Å²) in [5, 5.41) is 13.0. The lowest BCUT2D eigenvalue weighted by Gasteiger charge is -2.33. The average molecular weight is 329 g/mol. The Hall–Kier alpha value is -1.76. The molecule has 2 aliphatic rings. The summed E-state index contributed by atoms with van der Waals surface area (Å²) in [6, 6.07) is 0. The van der Waals surface area contributed by atoms with E-state index in [0.717, 1.165) is 17.6 Å². The summed E-state index contributed by atoms with van der Waals surface area (Å²) in [5.41, 5.74) is 0. The average Bonchev–Trinajstić information content (AvgIpc) is 3.34. The minimum absolute atomic E-state index is 0.534. The molecule has 0 aromatic carbocycles. The predicted octanol–water partition coefficient (Wildman–Crippen LogP) is 1.82. The van der Waals surface area contributed by atoms with Crippen LogP contribution < -0.4 is 0 Å². The second-order valence-electron chi connectivity index (χ2n) is 7.35. The molecule has 7 nitrogen and oxygen atoms in total. The Labute approximate surface area is 143 Å². The third-order valence-electron chi connectivity index (χ3n) is 5.71. The SMILES string of the molecule is Cn1c(Cn2cncn2)nnc1C1CCN(CC2CCCC2)CC1. The first-order valence-corrected chi connectivity index (χ1v) is 9.22. The van der Waals surface area contributed by atoms with Crippen LogP contribution in [-0.4, -0.2) is 54.1 Å². The molecule has 1 saturated carbocycles. The van der Waals surface area contributed by atoms with E-state index in [0.29, 0.717) is 12.5 Å². The maximum atomic E-state index is 4.48. The van der Waals surface area contributed by atoms with Crippen molar-refractivity contribution in [3.05, 3.63) is 24.3 Å². The molecule has 2 aromatic rings. The van der Waals surface area contributed by atoms with Crippen LogP contribution in [-0.2, 0) is 13.6 Å². The van der Waals surface area contributed by atoms with Gasteiger partial charge in [0, 0.05) is 19.5 Å². The lowest BCUT2D eigenvalue weighted by molar-refractivity contribution is 0.180. The first-order valence-electron chi connectivity index (χ1n) is 9.22. The van der Waals surface area contributed by atoms with E-state index in [-0.39, 0.29) is 0 Å². The van der Waals surface area contributed by atoms with Crippen molar-refractivity contribution in [3.63, 3.8) is 0 Å². The van der Waals surface area contributed by atoms with Gasteiger partial charge in [-0.15, -0.1) is 10.2 Å². The number of rotatable bonds is 5. The standard InChI is InChI=1S/C17H27N7/c1-22-16(11-24-13-18-12-19-24)20-21-17(22)15-6-8-23(9-7-15)10-14-4-2-3-5-14/h12-15H,2-11H2,1H3. The fourth-order valence-electron chi connectivity index (χ4n) is 4.26. The fourth-order valence-corrected chi connectivity index (χ4v) is 4.26. The third kappa shape index (κ3) is 3.36. The summed E-state index contributed by atoms with van der Waals surface area (Å²) in [5.74, 6) is 3.56. The quantitative estimate of drug-likeness (QED) is 0.837. The molecule has 0 unspecified atom stereocenters. The lowest BCUT2D eigenvalue weighted by atomic mass is 9.95. The number of piperidine rings is 1. The highest BCUT2D eigenvalue weighted by atomic mass is 15.4. The van der Waals surface area contributed by atoms with Crippen molar-refractivity contribution >= 4 is 0 Å². The molecule has 1 aliphatic carbocycles. The Morgan fingerprint density at radius 2 is 1.88 bits per heavy atom. The molecule has 2 fully saturated rings. The van der Waals surface area contributed by atoms with E-state index >= 15 is 0 Å². The molecule has 0 amide bonds. The smallest absolute Gasteiger partial charge is 0.154 e. The zero-order valence-corrected chi connectivity index (χ0v) is 14.5. The van der Waals surface area contributed by atoms with Gasteiger partial charge < -0.3 is 9.47 Å². The van der Waals surface area contributed by atoms with Crippen LogP contribution in [0, 0.1) is 5.92 Å². The molecule has 0 N–H and O–H groups in total. The summed E-state index contributed by atoms with van der Waals surface area (Å²) in [4.78, 5) is 6.65.